The van der Waals surface area contributed by atoms with E-state index in [0.29, 0.717) is 28.2 Å². The van der Waals surface area contributed by atoms with Crippen LogP contribution < -0.4 is 9.96 Å². The Hall–Kier alpha value is -4.09. The molecule has 2 aromatic carbocycles. The Bertz CT molecular complexity index is 1470. The van der Waals surface area contributed by atoms with Crippen LogP contribution >= 0.6 is 11.3 Å². The van der Waals surface area contributed by atoms with Crippen molar-refractivity contribution in [2.75, 3.05) is 16.6 Å². The highest BCUT2D eigenvalue weighted by molar-refractivity contribution is 7.17. The van der Waals surface area contributed by atoms with Crippen molar-refractivity contribution in [1.82, 2.24) is 0 Å². The second-order valence-electron chi connectivity index (χ2n) is 9.63. The van der Waals surface area contributed by atoms with E-state index in [9.17, 15) is 24.5 Å². The average Bonchev–Trinajstić information content (AvgIpc) is 3.59. The smallest absolute Gasteiger partial charge is 0.341 e. The van der Waals surface area contributed by atoms with Crippen LogP contribution in [-0.4, -0.2) is 35.4 Å². The zero-order valence-electron chi connectivity index (χ0n) is 21.1. The number of hydroxylamine groups is 1. The predicted octanol–water partition coefficient (Wildman–Crippen LogP) is 4.76. The molecule has 2 aliphatic heterocycles. The number of hydrogen-bond donors (Lipinski definition) is 0. The van der Waals surface area contributed by atoms with Crippen molar-refractivity contribution in [2.45, 2.75) is 44.8 Å². The van der Waals surface area contributed by atoms with Gasteiger partial charge in [0.05, 0.1) is 28.8 Å². The van der Waals surface area contributed by atoms with Crippen LogP contribution in [0.15, 0.2) is 54.6 Å². The van der Waals surface area contributed by atoms with E-state index in [4.69, 9.17) is 9.57 Å². The molecule has 200 valence electrons. The molecule has 1 aliphatic carbocycles. The van der Waals surface area contributed by atoms with Crippen LogP contribution in [0.2, 0.25) is 0 Å². The number of non-ortho nitro benzene ring substituents is 1. The van der Waals surface area contributed by atoms with Crippen LogP contribution in [0, 0.1) is 16.0 Å². The number of carbonyl (C=O) groups is 3. The number of hydrogen-bond acceptors (Lipinski definition) is 9. The molecule has 3 aliphatic rings. The highest BCUT2D eigenvalue weighted by Crippen LogP contribution is 2.50. The van der Waals surface area contributed by atoms with Gasteiger partial charge in [-0.15, -0.1) is 11.3 Å². The number of carbonyl (C=O) groups excluding carboxylic acids is 3. The van der Waals surface area contributed by atoms with Crippen molar-refractivity contribution in [2.24, 2.45) is 5.92 Å². The largest absolute Gasteiger partial charge is 0.462 e. The third-order valence-electron chi connectivity index (χ3n) is 7.41. The fourth-order valence-corrected chi connectivity index (χ4v) is 7.06. The van der Waals surface area contributed by atoms with E-state index in [-0.39, 0.29) is 12.3 Å². The highest BCUT2D eigenvalue weighted by atomic mass is 32.1. The molecule has 10 nitrogen and oxygen atoms in total. The predicted molar refractivity (Wildman–Crippen MR) is 143 cm³/mol. The van der Waals surface area contributed by atoms with Crippen molar-refractivity contribution < 1.29 is 28.9 Å². The minimum atomic E-state index is -1.12. The summed E-state index contributed by atoms with van der Waals surface area (Å²) in [7, 11) is 0. The first kappa shape index (κ1) is 25.2. The standard InChI is InChI=1S/C28H25N3O7S/c1-2-37-28(34)21-19-10-6-7-11-20(19)39-27(21)29-25(32)22-23(16-12-14-18(15-13-16)31(35)36)30(38-24(22)26(29)33)17-8-4-3-5-9-17/h3-5,8-9,12-15,22-24H,2,6-7,10-11H2,1H3. The minimum Gasteiger partial charge on any atom is -0.462 e. The Morgan fingerprint density at radius 3 is 2.49 bits per heavy atom. The first-order valence-electron chi connectivity index (χ1n) is 12.9. The molecule has 3 aromatic rings. The van der Waals surface area contributed by atoms with Gasteiger partial charge in [-0.25, -0.2) is 14.8 Å². The molecule has 3 heterocycles. The van der Waals surface area contributed by atoms with E-state index in [1.807, 2.05) is 18.2 Å². The lowest BCUT2D eigenvalue weighted by Crippen LogP contribution is -2.37. The van der Waals surface area contributed by atoms with Gasteiger partial charge in [0.2, 0.25) is 5.91 Å². The number of ether oxygens (including phenoxy) is 1. The minimum absolute atomic E-state index is 0.0841. The van der Waals surface area contributed by atoms with Crippen LogP contribution in [-0.2, 0) is 32.0 Å². The number of esters is 1. The number of nitrogens with zero attached hydrogens (tertiary/aromatic N) is 3. The van der Waals surface area contributed by atoms with Crippen molar-refractivity contribution in [1.29, 1.82) is 0 Å². The number of anilines is 2. The van der Waals surface area contributed by atoms with Crippen LogP contribution in [0.3, 0.4) is 0 Å². The van der Waals surface area contributed by atoms with Gasteiger partial charge in [-0.2, -0.15) is 0 Å². The number of rotatable bonds is 6. The highest BCUT2D eigenvalue weighted by Gasteiger charge is 2.61. The molecule has 0 saturated carbocycles. The van der Waals surface area contributed by atoms with Crippen LogP contribution in [0.5, 0.6) is 0 Å². The Balaban J connectivity index is 1.43. The number of aryl methyl sites for hydroxylation is 1. The molecule has 3 atom stereocenters. The van der Waals surface area contributed by atoms with E-state index >= 15 is 0 Å². The molecule has 2 saturated heterocycles. The molecule has 6 rings (SSSR count). The van der Waals surface area contributed by atoms with E-state index in [2.05, 4.69) is 0 Å². The second kappa shape index (κ2) is 9.90. The van der Waals surface area contributed by atoms with E-state index in [1.165, 1.54) is 28.5 Å². The van der Waals surface area contributed by atoms with Gasteiger partial charge in [-0.05, 0) is 55.9 Å². The average molecular weight is 548 g/mol. The maximum atomic E-state index is 14.1. The number of benzene rings is 2. The molecule has 0 N–H and O–H groups in total. The number of nitro groups is 1. The van der Waals surface area contributed by atoms with E-state index in [0.717, 1.165) is 34.6 Å². The zero-order chi connectivity index (χ0) is 27.3. The number of amides is 2. The lowest BCUT2D eigenvalue weighted by molar-refractivity contribution is -0.384. The first-order chi connectivity index (χ1) is 18.9. The monoisotopic (exact) mass is 547 g/mol. The van der Waals surface area contributed by atoms with Crippen molar-refractivity contribution in [3.8, 4) is 0 Å². The molecular formula is C28H25N3O7S. The molecule has 1 aromatic heterocycles. The maximum Gasteiger partial charge on any atom is 0.341 e. The summed E-state index contributed by atoms with van der Waals surface area (Å²) < 4.78 is 5.34. The summed E-state index contributed by atoms with van der Waals surface area (Å²) in [4.78, 5) is 60.1. The normalized spacial score (nSPS) is 22.1. The summed E-state index contributed by atoms with van der Waals surface area (Å²) in [6.45, 7) is 1.89. The van der Waals surface area contributed by atoms with Crippen molar-refractivity contribution in [3.05, 3.63) is 86.3 Å². The van der Waals surface area contributed by atoms with Gasteiger partial charge in [-0.3, -0.25) is 24.5 Å². The summed E-state index contributed by atoms with van der Waals surface area (Å²) in [6, 6.07) is 14.3. The number of nitro benzene ring substituents is 1. The Kier molecular flexibility index (Phi) is 6.40. The van der Waals surface area contributed by atoms with Crippen LogP contribution in [0.25, 0.3) is 0 Å². The molecule has 0 radical (unpaired) electrons. The lowest BCUT2D eigenvalue weighted by Gasteiger charge is -2.28. The Labute approximate surface area is 227 Å². The number of fused-ring (bicyclic) bond motifs is 2. The van der Waals surface area contributed by atoms with E-state index < -0.39 is 40.8 Å². The van der Waals surface area contributed by atoms with Gasteiger partial charge >= 0.3 is 5.97 Å². The second-order valence-corrected chi connectivity index (χ2v) is 10.7. The SMILES string of the molecule is CCOC(=O)c1c(N2C(=O)C3ON(c4ccccc4)C(c4ccc([N+](=O)[O-])cc4)C3C2=O)sc2c1CCCC2. The fourth-order valence-electron chi connectivity index (χ4n) is 5.67. The first-order valence-corrected chi connectivity index (χ1v) is 13.7. The molecular weight excluding hydrogens is 522 g/mol. The molecule has 11 heteroatoms. The summed E-state index contributed by atoms with van der Waals surface area (Å²) in [5.74, 6) is -2.48. The summed E-state index contributed by atoms with van der Waals surface area (Å²) in [5, 5.41) is 13.1. The summed E-state index contributed by atoms with van der Waals surface area (Å²) >= 11 is 1.30. The number of thiophene rings is 1. The quantitative estimate of drug-likeness (QED) is 0.188. The molecule has 2 amide bonds. The number of para-hydroxylation sites is 1. The third-order valence-corrected chi connectivity index (χ3v) is 8.68. The van der Waals surface area contributed by atoms with Crippen molar-refractivity contribution >= 4 is 45.5 Å². The zero-order valence-corrected chi connectivity index (χ0v) is 21.9. The number of imide groups is 1. The van der Waals surface area contributed by atoms with Gasteiger partial charge < -0.3 is 4.74 Å². The topological polar surface area (TPSA) is 119 Å². The fraction of sp³-hybridized carbons (Fsp3) is 0.321. The molecule has 0 spiro atoms. The third kappa shape index (κ3) is 4.09. The molecule has 39 heavy (non-hydrogen) atoms. The van der Waals surface area contributed by atoms with Crippen LogP contribution in [0.1, 0.15) is 52.2 Å². The van der Waals surface area contributed by atoms with Gasteiger partial charge in [0.15, 0.2) is 6.10 Å². The van der Waals surface area contributed by atoms with Gasteiger partial charge in [0, 0.05) is 17.0 Å². The molecule has 0 bridgehead atoms. The van der Waals surface area contributed by atoms with Crippen LogP contribution in [0.4, 0.5) is 16.4 Å². The van der Waals surface area contributed by atoms with E-state index in [1.54, 1.807) is 31.2 Å². The Morgan fingerprint density at radius 1 is 1.08 bits per heavy atom. The van der Waals surface area contributed by atoms with Gasteiger partial charge in [0.1, 0.15) is 10.9 Å². The lowest BCUT2D eigenvalue weighted by atomic mass is 9.90. The van der Waals surface area contributed by atoms with Gasteiger partial charge in [0.25, 0.3) is 11.6 Å². The summed E-state index contributed by atoms with van der Waals surface area (Å²) in [5.41, 5.74) is 2.30. The summed E-state index contributed by atoms with van der Waals surface area (Å²) in [6.07, 6.45) is 2.23. The Morgan fingerprint density at radius 2 is 1.79 bits per heavy atom. The van der Waals surface area contributed by atoms with Gasteiger partial charge in [-0.1, -0.05) is 30.3 Å². The molecule has 3 unspecified atom stereocenters. The maximum absolute atomic E-state index is 14.1. The van der Waals surface area contributed by atoms with Crippen molar-refractivity contribution in [3.63, 3.8) is 0 Å². The molecule has 2 fully saturated rings.